The molecule has 1 heterocycles. The van der Waals surface area contributed by atoms with Crippen LogP contribution in [-0.2, 0) is 4.79 Å². The molecule has 3 nitrogen and oxygen atoms in total. The number of rotatable bonds is 3. The zero-order chi connectivity index (χ0) is 9.03. The lowest BCUT2D eigenvalue weighted by molar-refractivity contribution is 0.0854. The van der Waals surface area contributed by atoms with E-state index in [0.29, 0.717) is 7.41 Å². The van der Waals surface area contributed by atoms with Crippen LogP contribution in [0.3, 0.4) is 0 Å². The van der Waals surface area contributed by atoms with Crippen LogP contribution in [0.2, 0.25) is 0 Å². The Bertz CT molecular complexity index is 155. The van der Waals surface area contributed by atoms with Gasteiger partial charge >= 0.3 is 0 Å². The summed E-state index contributed by atoms with van der Waals surface area (Å²) in [5, 5.41) is 9.08. The van der Waals surface area contributed by atoms with E-state index in [2.05, 4.69) is 11.7 Å². The van der Waals surface area contributed by atoms with E-state index in [4.69, 9.17) is 5.11 Å². The molecule has 0 bridgehead atoms. The molecule has 1 aliphatic rings. The molecule has 0 saturated carbocycles. The summed E-state index contributed by atoms with van der Waals surface area (Å²) in [5.41, 5.74) is 0.0966. The Morgan fingerprint density at radius 1 is 1.58 bits per heavy atom. The van der Waals surface area contributed by atoms with E-state index in [1.807, 2.05) is 0 Å². The van der Waals surface area contributed by atoms with Gasteiger partial charge in [-0.3, -0.25) is 0 Å². The second-order valence-corrected chi connectivity index (χ2v) is 3.94. The Morgan fingerprint density at radius 3 is 2.58 bits per heavy atom. The summed E-state index contributed by atoms with van der Waals surface area (Å²) in [6.45, 7) is 4.25. The lowest BCUT2D eigenvalue weighted by Crippen LogP contribution is -2.42. The van der Waals surface area contributed by atoms with Crippen molar-refractivity contribution >= 4 is 13.6 Å². The molecule has 0 spiro atoms. The minimum absolute atomic E-state index is 0.0966. The van der Waals surface area contributed by atoms with Gasteiger partial charge in [0.05, 0.1) is 6.19 Å². The molecular weight excluding hydrogens is 153 g/mol. The molecule has 1 saturated heterocycles. The summed E-state index contributed by atoms with van der Waals surface area (Å²) in [5.74, 6) is 0. The van der Waals surface area contributed by atoms with Crippen molar-refractivity contribution < 1.29 is 9.90 Å². The van der Waals surface area contributed by atoms with Gasteiger partial charge in [0.15, 0.2) is 0 Å². The summed E-state index contributed by atoms with van der Waals surface area (Å²) in [7, 11) is 0.543. The van der Waals surface area contributed by atoms with Crippen LogP contribution in [0.25, 0.3) is 0 Å². The minimum Gasteiger partial charge on any atom is -0.396 e. The smallest absolute Gasteiger partial charge is 0.281 e. The van der Waals surface area contributed by atoms with Gasteiger partial charge in [0.2, 0.25) is 0 Å². The molecule has 0 radical (unpaired) electrons. The SMILES string of the molecule is CC1(CO)CCN(BC=O)CC1. The first-order valence-electron chi connectivity index (χ1n) is 4.47. The Hall–Kier alpha value is -0.345. The number of nitrogens with zero attached hydrogens (tertiary/aromatic N) is 1. The van der Waals surface area contributed by atoms with E-state index < -0.39 is 0 Å². The Balaban J connectivity index is 2.33. The Morgan fingerprint density at radius 2 is 2.17 bits per heavy atom. The molecule has 0 aromatic rings. The molecule has 4 heteroatoms. The van der Waals surface area contributed by atoms with Gasteiger partial charge in [0.25, 0.3) is 7.41 Å². The molecule has 1 aliphatic heterocycles. The maximum atomic E-state index is 10.2. The number of carbonyl (C=O) groups is 1. The van der Waals surface area contributed by atoms with Gasteiger partial charge in [-0.15, -0.1) is 0 Å². The van der Waals surface area contributed by atoms with Gasteiger partial charge < -0.3 is 14.7 Å². The average molecular weight is 169 g/mol. The highest BCUT2D eigenvalue weighted by Crippen LogP contribution is 2.29. The second kappa shape index (κ2) is 4.05. The van der Waals surface area contributed by atoms with Crippen LogP contribution >= 0.6 is 0 Å². The molecule has 1 N–H and O–H groups in total. The van der Waals surface area contributed by atoms with Crippen molar-refractivity contribution in [3.63, 3.8) is 0 Å². The zero-order valence-electron chi connectivity index (χ0n) is 7.62. The van der Waals surface area contributed by atoms with Crippen LogP contribution < -0.4 is 0 Å². The molecule has 0 aromatic heterocycles. The molecule has 12 heavy (non-hydrogen) atoms. The standard InChI is InChI=1S/C8H16BNO2/c1-8(6-11)2-4-10(5-3-8)9-7-12/h7,9,11H,2-6H2,1H3. The van der Waals surface area contributed by atoms with Crippen molar-refractivity contribution in [2.24, 2.45) is 5.41 Å². The summed E-state index contributed by atoms with van der Waals surface area (Å²) < 4.78 is 0. The van der Waals surface area contributed by atoms with Crippen LogP contribution in [0.15, 0.2) is 0 Å². The molecule has 68 valence electrons. The van der Waals surface area contributed by atoms with Gasteiger partial charge in [0, 0.05) is 6.61 Å². The zero-order valence-corrected chi connectivity index (χ0v) is 7.62. The van der Waals surface area contributed by atoms with E-state index in [1.54, 1.807) is 0 Å². The maximum absolute atomic E-state index is 10.2. The van der Waals surface area contributed by atoms with E-state index in [1.165, 1.54) is 0 Å². The lowest BCUT2D eigenvalue weighted by atomic mass is 9.78. The second-order valence-electron chi connectivity index (χ2n) is 3.94. The fraction of sp³-hybridized carbons (Fsp3) is 0.875. The van der Waals surface area contributed by atoms with Crippen molar-refractivity contribution in [2.75, 3.05) is 19.7 Å². The number of piperidine rings is 1. The molecule has 1 rings (SSSR count). The fourth-order valence-corrected chi connectivity index (χ4v) is 1.54. The van der Waals surface area contributed by atoms with Crippen LogP contribution in [-0.4, -0.2) is 43.2 Å². The van der Waals surface area contributed by atoms with Crippen LogP contribution in [0.4, 0.5) is 0 Å². The largest absolute Gasteiger partial charge is 0.396 e. The Kier molecular flexibility index (Phi) is 3.29. The molecule has 0 aromatic carbocycles. The monoisotopic (exact) mass is 169 g/mol. The van der Waals surface area contributed by atoms with E-state index >= 15 is 0 Å². The number of aliphatic hydroxyl groups excluding tert-OH is 1. The predicted molar refractivity (Wildman–Crippen MR) is 49.9 cm³/mol. The van der Waals surface area contributed by atoms with E-state index in [9.17, 15) is 4.79 Å². The molecule has 0 atom stereocenters. The first kappa shape index (κ1) is 9.74. The molecule has 0 aliphatic carbocycles. The van der Waals surface area contributed by atoms with Gasteiger partial charge in [-0.1, -0.05) is 6.92 Å². The molecule has 0 amide bonds. The molecule has 1 fully saturated rings. The third kappa shape index (κ3) is 2.32. The Labute approximate surface area is 74.0 Å². The summed E-state index contributed by atoms with van der Waals surface area (Å²) >= 11 is 0. The van der Waals surface area contributed by atoms with Crippen molar-refractivity contribution in [1.29, 1.82) is 0 Å². The van der Waals surface area contributed by atoms with Gasteiger partial charge in [-0.2, -0.15) is 0 Å². The predicted octanol–water partition coefficient (Wildman–Crippen LogP) is -0.378. The quantitative estimate of drug-likeness (QED) is 0.462. The fourth-order valence-electron chi connectivity index (χ4n) is 1.54. The van der Waals surface area contributed by atoms with Crippen LogP contribution in [0, 0.1) is 5.41 Å². The first-order valence-corrected chi connectivity index (χ1v) is 4.47. The van der Waals surface area contributed by atoms with E-state index in [-0.39, 0.29) is 12.0 Å². The molecule has 0 unspecified atom stereocenters. The highest BCUT2D eigenvalue weighted by Gasteiger charge is 2.28. The van der Waals surface area contributed by atoms with E-state index in [0.717, 1.165) is 32.1 Å². The number of hydrogen-bond acceptors (Lipinski definition) is 3. The van der Waals surface area contributed by atoms with Crippen molar-refractivity contribution in [3.8, 4) is 0 Å². The third-order valence-electron chi connectivity index (χ3n) is 2.78. The average Bonchev–Trinajstić information content (AvgIpc) is 2.10. The highest BCUT2D eigenvalue weighted by atomic mass is 16.3. The van der Waals surface area contributed by atoms with Gasteiger partial charge in [-0.25, -0.2) is 0 Å². The van der Waals surface area contributed by atoms with Crippen molar-refractivity contribution in [1.82, 2.24) is 4.81 Å². The number of aliphatic hydroxyl groups is 1. The summed E-state index contributed by atoms with van der Waals surface area (Å²) in [4.78, 5) is 12.3. The van der Waals surface area contributed by atoms with Crippen LogP contribution in [0.5, 0.6) is 0 Å². The molecular formula is C8H16BNO2. The minimum atomic E-state index is 0.0966. The van der Waals surface area contributed by atoms with Crippen LogP contribution in [0.1, 0.15) is 19.8 Å². The normalized spacial score (nSPS) is 23.5. The number of carbonyl (C=O) groups excluding carboxylic acids is 1. The highest BCUT2D eigenvalue weighted by molar-refractivity contribution is 6.64. The van der Waals surface area contributed by atoms with Crippen molar-refractivity contribution in [2.45, 2.75) is 19.8 Å². The topological polar surface area (TPSA) is 40.5 Å². The third-order valence-corrected chi connectivity index (χ3v) is 2.78. The van der Waals surface area contributed by atoms with Gasteiger partial charge in [0.1, 0.15) is 0 Å². The summed E-state index contributed by atoms with van der Waals surface area (Å²) in [6.07, 6.45) is 2.94. The summed E-state index contributed by atoms with van der Waals surface area (Å²) in [6, 6.07) is 0. The maximum Gasteiger partial charge on any atom is 0.281 e. The first-order chi connectivity index (χ1) is 5.70. The van der Waals surface area contributed by atoms with Crippen molar-refractivity contribution in [3.05, 3.63) is 0 Å². The number of hydrogen-bond donors (Lipinski definition) is 1. The lowest BCUT2D eigenvalue weighted by Gasteiger charge is -2.37. The van der Waals surface area contributed by atoms with Gasteiger partial charge in [-0.05, 0) is 31.3 Å².